The van der Waals surface area contributed by atoms with Gasteiger partial charge < -0.3 is 15.6 Å². The Balaban J connectivity index is 1.93. The summed E-state index contributed by atoms with van der Waals surface area (Å²) in [4.78, 5) is 12.0. The van der Waals surface area contributed by atoms with Crippen LogP contribution >= 0.6 is 15.9 Å². The molecule has 0 radical (unpaired) electrons. The molecule has 3 N–H and O–H groups in total. The normalized spacial score (nSPS) is 16.9. The second kappa shape index (κ2) is 5.23. The van der Waals surface area contributed by atoms with E-state index in [0.29, 0.717) is 18.2 Å². The van der Waals surface area contributed by atoms with Crippen LogP contribution in [-0.2, 0) is 6.54 Å². The minimum Gasteiger partial charge on any atom is -0.349 e. The summed E-state index contributed by atoms with van der Waals surface area (Å²) in [6.45, 7) is 3.36. The number of carbonyl (C=O) groups excluding carboxylic acids is 1. The molecule has 1 aliphatic carbocycles. The highest BCUT2D eigenvalue weighted by Crippen LogP contribution is 2.31. The third-order valence-electron chi connectivity index (χ3n) is 3.16. The van der Waals surface area contributed by atoms with Crippen LogP contribution in [0, 0.1) is 5.92 Å². The summed E-state index contributed by atoms with van der Waals surface area (Å²) in [6, 6.07) is 1.94. The van der Waals surface area contributed by atoms with Crippen LogP contribution in [0.3, 0.4) is 0 Å². The Bertz CT molecular complexity index is 412. The van der Waals surface area contributed by atoms with Gasteiger partial charge in [0.25, 0.3) is 5.91 Å². The van der Waals surface area contributed by atoms with Gasteiger partial charge in [0.15, 0.2) is 0 Å². The number of hydrogen-bond donors (Lipinski definition) is 2. The first-order chi connectivity index (χ1) is 8.11. The predicted octanol–water partition coefficient (Wildman–Crippen LogP) is 1.74. The fourth-order valence-corrected chi connectivity index (χ4v) is 2.38. The van der Waals surface area contributed by atoms with Gasteiger partial charge in [0.05, 0.1) is 0 Å². The molecule has 0 spiro atoms. The minimum absolute atomic E-state index is 0.0475. The number of nitrogens with zero attached hydrogens (tertiary/aromatic N) is 1. The smallest absolute Gasteiger partial charge is 0.267 e. The zero-order valence-corrected chi connectivity index (χ0v) is 11.5. The predicted molar refractivity (Wildman–Crippen MR) is 70.8 cm³/mol. The van der Waals surface area contributed by atoms with Gasteiger partial charge in [0.2, 0.25) is 0 Å². The number of rotatable bonds is 5. The van der Waals surface area contributed by atoms with E-state index in [1.165, 1.54) is 12.8 Å². The average molecular weight is 300 g/mol. The molecule has 1 fully saturated rings. The minimum atomic E-state index is -0.0475. The van der Waals surface area contributed by atoms with E-state index in [0.717, 1.165) is 11.0 Å². The van der Waals surface area contributed by atoms with Gasteiger partial charge in [-0.25, -0.2) is 0 Å². The van der Waals surface area contributed by atoms with E-state index in [4.69, 9.17) is 5.73 Å². The molecule has 1 atom stereocenters. The summed E-state index contributed by atoms with van der Waals surface area (Å²) in [5.41, 5.74) is 6.63. The van der Waals surface area contributed by atoms with Crippen molar-refractivity contribution in [1.29, 1.82) is 0 Å². The van der Waals surface area contributed by atoms with Crippen LogP contribution in [0.1, 0.15) is 30.3 Å². The number of aromatic nitrogens is 1. The summed E-state index contributed by atoms with van der Waals surface area (Å²) < 4.78 is 2.85. The first-order valence-corrected chi connectivity index (χ1v) is 6.80. The maximum Gasteiger partial charge on any atom is 0.267 e. The topological polar surface area (TPSA) is 60.0 Å². The summed E-state index contributed by atoms with van der Waals surface area (Å²) in [6.07, 6.45) is 4.32. The van der Waals surface area contributed by atoms with Crippen molar-refractivity contribution in [3.63, 3.8) is 0 Å². The molecule has 17 heavy (non-hydrogen) atoms. The molecular weight excluding hydrogens is 282 g/mol. The third kappa shape index (κ3) is 3.10. The molecule has 0 bridgehead atoms. The molecule has 1 aromatic heterocycles. The van der Waals surface area contributed by atoms with Crippen LogP contribution in [0.15, 0.2) is 16.7 Å². The fraction of sp³-hybridized carbons (Fsp3) is 0.583. The van der Waals surface area contributed by atoms with E-state index in [9.17, 15) is 4.79 Å². The van der Waals surface area contributed by atoms with Crippen LogP contribution < -0.4 is 11.1 Å². The Kier molecular flexibility index (Phi) is 3.89. The molecule has 1 aromatic rings. The monoisotopic (exact) mass is 299 g/mol. The van der Waals surface area contributed by atoms with E-state index in [-0.39, 0.29) is 11.9 Å². The number of aryl methyl sites for hydroxylation is 1. The zero-order chi connectivity index (χ0) is 12.4. The molecule has 1 unspecified atom stereocenters. The highest BCUT2D eigenvalue weighted by molar-refractivity contribution is 9.10. The number of amides is 1. The number of hydrogen-bond acceptors (Lipinski definition) is 2. The lowest BCUT2D eigenvalue weighted by Crippen LogP contribution is -2.39. The van der Waals surface area contributed by atoms with Crippen LogP contribution in [-0.4, -0.2) is 23.1 Å². The zero-order valence-electron chi connectivity index (χ0n) is 9.95. The molecule has 1 amide bonds. The number of nitrogens with two attached hydrogens (primary N) is 1. The van der Waals surface area contributed by atoms with E-state index in [2.05, 4.69) is 21.2 Å². The molecule has 1 heterocycles. The Hall–Kier alpha value is -0.810. The van der Waals surface area contributed by atoms with E-state index in [1.807, 2.05) is 23.8 Å². The molecule has 4 nitrogen and oxygen atoms in total. The Labute approximate surface area is 110 Å². The van der Waals surface area contributed by atoms with Crippen molar-refractivity contribution in [2.45, 2.75) is 32.4 Å². The number of nitrogens with one attached hydrogen (secondary N) is 1. The van der Waals surface area contributed by atoms with Crippen molar-refractivity contribution in [3.8, 4) is 0 Å². The molecule has 0 saturated heterocycles. The van der Waals surface area contributed by atoms with Gasteiger partial charge in [0, 0.05) is 29.8 Å². The maximum absolute atomic E-state index is 12.0. The van der Waals surface area contributed by atoms with Crippen molar-refractivity contribution in [3.05, 3.63) is 22.4 Å². The molecule has 5 heteroatoms. The van der Waals surface area contributed by atoms with E-state index >= 15 is 0 Å². The van der Waals surface area contributed by atoms with Crippen LogP contribution in [0.25, 0.3) is 0 Å². The summed E-state index contributed by atoms with van der Waals surface area (Å²) in [5, 5.41) is 2.90. The molecule has 0 aliphatic heterocycles. The summed E-state index contributed by atoms with van der Waals surface area (Å²) in [5.74, 6) is 0.564. The fourth-order valence-electron chi connectivity index (χ4n) is 1.92. The van der Waals surface area contributed by atoms with Gasteiger partial charge in [0.1, 0.15) is 5.69 Å². The van der Waals surface area contributed by atoms with Crippen molar-refractivity contribution >= 4 is 21.8 Å². The van der Waals surface area contributed by atoms with Gasteiger partial charge in [-0.3, -0.25) is 4.79 Å². The summed E-state index contributed by atoms with van der Waals surface area (Å²) in [7, 11) is 0. The first-order valence-electron chi connectivity index (χ1n) is 6.01. The molecule has 2 rings (SSSR count). The van der Waals surface area contributed by atoms with Crippen molar-refractivity contribution in [1.82, 2.24) is 9.88 Å². The summed E-state index contributed by atoms with van der Waals surface area (Å²) >= 11 is 3.38. The van der Waals surface area contributed by atoms with Gasteiger partial charge in [-0.2, -0.15) is 0 Å². The second-order valence-electron chi connectivity index (χ2n) is 4.54. The molecular formula is C12H18BrN3O. The SMILES string of the molecule is CCn1cc(Br)cc1C(=O)NCC(N)C1CC1. The standard InChI is InChI=1S/C12H18BrN3O/c1-2-16-7-9(13)5-11(16)12(17)15-6-10(14)8-3-4-8/h5,7-8,10H,2-4,6,14H2,1H3,(H,15,17). The highest BCUT2D eigenvalue weighted by Gasteiger charge is 2.28. The lowest BCUT2D eigenvalue weighted by molar-refractivity contribution is 0.0941. The van der Waals surface area contributed by atoms with Crippen molar-refractivity contribution in [2.75, 3.05) is 6.54 Å². The van der Waals surface area contributed by atoms with Gasteiger partial charge in [-0.15, -0.1) is 0 Å². The Morgan fingerprint density at radius 3 is 3.00 bits per heavy atom. The number of carbonyl (C=O) groups is 1. The first kappa shape index (κ1) is 12.6. The maximum atomic E-state index is 12.0. The third-order valence-corrected chi connectivity index (χ3v) is 3.60. The highest BCUT2D eigenvalue weighted by atomic mass is 79.9. The lowest BCUT2D eigenvalue weighted by atomic mass is 10.2. The van der Waals surface area contributed by atoms with Crippen LogP contribution in [0.2, 0.25) is 0 Å². The lowest BCUT2D eigenvalue weighted by Gasteiger charge is -2.12. The van der Waals surface area contributed by atoms with Crippen molar-refractivity contribution < 1.29 is 4.79 Å². The molecule has 1 saturated carbocycles. The van der Waals surface area contributed by atoms with Crippen LogP contribution in [0.5, 0.6) is 0 Å². The van der Waals surface area contributed by atoms with E-state index in [1.54, 1.807) is 0 Å². The molecule has 0 aromatic carbocycles. The largest absolute Gasteiger partial charge is 0.349 e. The Morgan fingerprint density at radius 2 is 2.41 bits per heavy atom. The second-order valence-corrected chi connectivity index (χ2v) is 5.46. The van der Waals surface area contributed by atoms with Crippen molar-refractivity contribution in [2.24, 2.45) is 11.7 Å². The number of halogens is 1. The average Bonchev–Trinajstić information content (AvgIpc) is 3.09. The Morgan fingerprint density at radius 1 is 1.71 bits per heavy atom. The van der Waals surface area contributed by atoms with Gasteiger partial charge in [-0.05, 0) is 47.7 Å². The van der Waals surface area contributed by atoms with E-state index < -0.39 is 0 Å². The molecule has 1 aliphatic rings. The molecule has 94 valence electrons. The van der Waals surface area contributed by atoms with Crippen LogP contribution in [0.4, 0.5) is 0 Å². The van der Waals surface area contributed by atoms with Gasteiger partial charge >= 0.3 is 0 Å². The van der Waals surface area contributed by atoms with Gasteiger partial charge in [-0.1, -0.05) is 0 Å². The quantitative estimate of drug-likeness (QED) is 0.870.